The van der Waals surface area contributed by atoms with E-state index in [1.54, 1.807) is 0 Å². The second-order valence-electron chi connectivity index (χ2n) is 3.89. The van der Waals surface area contributed by atoms with Crippen LogP contribution in [-0.2, 0) is 0 Å². The molecule has 0 aromatic carbocycles. The third-order valence-corrected chi connectivity index (χ3v) is 2.92. The lowest BCUT2D eigenvalue weighted by Gasteiger charge is -2.32. The first-order valence-electron chi connectivity index (χ1n) is 4.91. The Balaban J connectivity index is 2.49. The minimum absolute atomic E-state index is 0.0349. The Morgan fingerprint density at radius 3 is 2.23 bits per heavy atom. The van der Waals surface area contributed by atoms with Crippen molar-refractivity contribution >= 4 is 0 Å². The van der Waals surface area contributed by atoms with E-state index in [1.807, 2.05) is 0 Å². The molecule has 4 N–H and O–H groups in total. The van der Waals surface area contributed by atoms with Gasteiger partial charge < -0.3 is 11.5 Å². The molecule has 1 aliphatic rings. The highest BCUT2D eigenvalue weighted by Gasteiger charge is 2.40. The van der Waals surface area contributed by atoms with Crippen molar-refractivity contribution in [3.05, 3.63) is 0 Å². The van der Waals surface area contributed by atoms with Crippen LogP contribution in [0.3, 0.4) is 0 Å². The maximum Gasteiger partial charge on any atom is 0.275 e. The van der Waals surface area contributed by atoms with Gasteiger partial charge in [0.1, 0.15) is 0 Å². The molecule has 0 aromatic rings. The van der Waals surface area contributed by atoms with Gasteiger partial charge in [-0.1, -0.05) is 19.3 Å². The van der Waals surface area contributed by atoms with Crippen molar-refractivity contribution in [2.75, 3.05) is 6.54 Å². The van der Waals surface area contributed by atoms with Gasteiger partial charge >= 0.3 is 0 Å². The first-order chi connectivity index (χ1) is 6.08. The molecule has 1 unspecified atom stereocenters. The minimum Gasteiger partial charge on any atom is -0.325 e. The van der Waals surface area contributed by atoms with Gasteiger partial charge in [0.2, 0.25) is 0 Å². The molecule has 1 atom stereocenters. The van der Waals surface area contributed by atoms with E-state index < -0.39 is 18.5 Å². The Kier molecular flexibility index (Phi) is 3.62. The third kappa shape index (κ3) is 2.61. The molecular formula is C9H18F2N2. The second-order valence-corrected chi connectivity index (χ2v) is 3.89. The van der Waals surface area contributed by atoms with E-state index in [-0.39, 0.29) is 5.92 Å². The van der Waals surface area contributed by atoms with E-state index in [4.69, 9.17) is 11.5 Å². The summed E-state index contributed by atoms with van der Waals surface area (Å²) in [6, 6.07) is -1.04. The van der Waals surface area contributed by atoms with Crippen molar-refractivity contribution < 1.29 is 8.78 Å². The van der Waals surface area contributed by atoms with Crippen molar-refractivity contribution in [2.24, 2.45) is 17.4 Å². The van der Waals surface area contributed by atoms with E-state index in [0.29, 0.717) is 0 Å². The molecule has 1 saturated carbocycles. The van der Waals surface area contributed by atoms with Gasteiger partial charge in [-0.15, -0.1) is 0 Å². The summed E-state index contributed by atoms with van der Waals surface area (Å²) in [7, 11) is 0. The summed E-state index contributed by atoms with van der Waals surface area (Å²) in [4.78, 5) is 0. The summed E-state index contributed by atoms with van der Waals surface area (Å²) >= 11 is 0. The molecule has 4 heteroatoms. The van der Waals surface area contributed by atoms with Gasteiger partial charge in [-0.25, -0.2) is 8.78 Å². The molecule has 1 rings (SSSR count). The minimum atomic E-state index is -2.89. The predicted molar refractivity (Wildman–Crippen MR) is 48.6 cm³/mol. The maximum absolute atomic E-state index is 13.1. The molecule has 13 heavy (non-hydrogen) atoms. The fraction of sp³-hybridized carbons (Fsp3) is 1.00. The lowest BCUT2D eigenvalue weighted by atomic mass is 9.82. The highest BCUT2D eigenvalue weighted by Crippen LogP contribution is 2.31. The van der Waals surface area contributed by atoms with Crippen LogP contribution in [0.15, 0.2) is 0 Å². The zero-order chi connectivity index (χ0) is 9.90. The average Bonchev–Trinajstić information content (AvgIpc) is 2.18. The molecule has 0 bridgehead atoms. The summed E-state index contributed by atoms with van der Waals surface area (Å²) in [5.41, 5.74) is 10.5. The molecular weight excluding hydrogens is 174 g/mol. The van der Waals surface area contributed by atoms with Crippen molar-refractivity contribution in [1.82, 2.24) is 0 Å². The second kappa shape index (κ2) is 4.33. The van der Waals surface area contributed by atoms with E-state index >= 15 is 0 Å². The summed E-state index contributed by atoms with van der Waals surface area (Å²) in [6.45, 7) is -0.634. The van der Waals surface area contributed by atoms with Crippen LogP contribution in [0.25, 0.3) is 0 Å². The van der Waals surface area contributed by atoms with Crippen LogP contribution in [0.2, 0.25) is 0 Å². The molecule has 0 radical (unpaired) electrons. The fourth-order valence-corrected chi connectivity index (χ4v) is 1.97. The molecule has 1 aliphatic carbocycles. The number of halogens is 2. The summed E-state index contributed by atoms with van der Waals surface area (Å²) < 4.78 is 26.2. The lowest BCUT2D eigenvalue weighted by molar-refractivity contribution is -0.0388. The number of nitrogens with two attached hydrogens (primary N) is 2. The van der Waals surface area contributed by atoms with E-state index in [2.05, 4.69) is 0 Å². The molecule has 78 valence electrons. The zero-order valence-corrected chi connectivity index (χ0v) is 7.81. The van der Waals surface area contributed by atoms with Gasteiger partial charge in [0.25, 0.3) is 5.92 Å². The maximum atomic E-state index is 13.1. The van der Waals surface area contributed by atoms with Crippen LogP contribution < -0.4 is 11.5 Å². The molecule has 0 heterocycles. The smallest absolute Gasteiger partial charge is 0.275 e. The van der Waals surface area contributed by atoms with E-state index in [0.717, 1.165) is 32.1 Å². The Bertz CT molecular complexity index is 156. The van der Waals surface area contributed by atoms with Crippen molar-refractivity contribution in [1.29, 1.82) is 0 Å². The third-order valence-electron chi connectivity index (χ3n) is 2.92. The summed E-state index contributed by atoms with van der Waals surface area (Å²) in [5, 5.41) is 0. The number of hydrogen-bond donors (Lipinski definition) is 2. The molecule has 0 aromatic heterocycles. The summed E-state index contributed by atoms with van der Waals surface area (Å²) in [5.74, 6) is -2.92. The highest BCUT2D eigenvalue weighted by molar-refractivity contribution is 4.88. The first-order valence-corrected chi connectivity index (χ1v) is 4.91. The number of alkyl halides is 2. The van der Waals surface area contributed by atoms with Gasteiger partial charge in [0.15, 0.2) is 0 Å². The molecule has 1 fully saturated rings. The van der Waals surface area contributed by atoms with E-state index in [9.17, 15) is 8.78 Å². The molecule has 0 spiro atoms. The quantitative estimate of drug-likeness (QED) is 0.711. The van der Waals surface area contributed by atoms with Gasteiger partial charge in [-0.3, -0.25) is 0 Å². The highest BCUT2D eigenvalue weighted by atomic mass is 19.3. The predicted octanol–water partition coefficient (Wildman–Crippen LogP) is 1.49. The lowest BCUT2D eigenvalue weighted by Crippen LogP contribution is -2.51. The Hall–Kier alpha value is -0.220. The SMILES string of the molecule is NCC(F)(F)C(N)C1CCCCC1. The fourth-order valence-electron chi connectivity index (χ4n) is 1.97. The van der Waals surface area contributed by atoms with Crippen LogP contribution in [0.4, 0.5) is 8.78 Å². The van der Waals surface area contributed by atoms with E-state index in [1.165, 1.54) is 0 Å². The Morgan fingerprint density at radius 1 is 1.23 bits per heavy atom. The normalized spacial score (nSPS) is 23.1. The topological polar surface area (TPSA) is 52.0 Å². The molecule has 0 amide bonds. The Labute approximate surface area is 77.7 Å². The van der Waals surface area contributed by atoms with Crippen molar-refractivity contribution in [3.8, 4) is 0 Å². The standard InChI is InChI=1S/C9H18F2N2/c10-9(11,6-12)8(13)7-4-2-1-3-5-7/h7-8H,1-6,12-13H2. The zero-order valence-electron chi connectivity index (χ0n) is 7.81. The van der Waals surface area contributed by atoms with Gasteiger partial charge in [0.05, 0.1) is 12.6 Å². The van der Waals surface area contributed by atoms with Crippen LogP contribution in [-0.4, -0.2) is 18.5 Å². The van der Waals surface area contributed by atoms with Crippen LogP contribution in [0.1, 0.15) is 32.1 Å². The first kappa shape index (κ1) is 10.9. The largest absolute Gasteiger partial charge is 0.325 e. The monoisotopic (exact) mass is 192 g/mol. The number of rotatable bonds is 3. The average molecular weight is 192 g/mol. The molecule has 2 nitrogen and oxygen atoms in total. The van der Waals surface area contributed by atoms with Crippen molar-refractivity contribution in [2.45, 2.75) is 44.1 Å². The van der Waals surface area contributed by atoms with Crippen molar-refractivity contribution in [3.63, 3.8) is 0 Å². The molecule has 0 aliphatic heterocycles. The van der Waals surface area contributed by atoms with Crippen LogP contribution >= 0.6 is 0 Å². The Morgan fingerprint density at radius 2 is 1.77 bits per heavy atom. The van der Waals surface area contributed by atoms with Gasteiger partial charge in [-0.05, 0) is 18.8 Å². The number of hydrogen-bond acceptors (Lipinski definition) is 2. The van der Waals surface area contributed by atoms with Gasteiger partial charge in [-0.2, -0.15) is 0 Å². The summed E-state index contributed by atoms with van der Waals surface area (Å²) in [6.07, 6.45) is 4.86. The van der Waals surface area contributed by atoms with Gasteiger partial charge in [0, 0.05) is 0 Å². The van der Waals surface area contributed by atoms with Crippen LogP contribution in [0.5, 0.6) is 0 Å². The van der Waals surface area contributed by atoms with Crippen LogP contribution in [0, 0.1) is 5.92 Å². The molecule has 0 saturated heterocycles.